The summed E-state index contributed by atoms with van der Waals surface area (Å²) in [4.78, 5) is 6.92. The molecule has 0 atom stereocenters. The summed E-state index contributed by atoms with van der Waals surface area (Å²) in [6.07, 6.45) is 1.00. The van der Waals surface area contributed by atoms with Crippen LogP contribution in [0.5, 0.6) is 11.5 Å². The van der Waals surface area contributed by atoms with Crippen molar-refractivity contribution in [2.24, 2.45) is 0 Å². The van der Waals surface area contributed by atoms with Crippen LogP contribution in [0.3, 0.4) is 0 Å². The molecule has 0 amide bonds. The zero-order valence-corrected chi connectivity index (χ0v) is 17.0. The molecule has 3 rings (SSSR count). The van der Waals surface area contributed by atoms with E-state index in [2.05, 4.69) is 17.9 Å². The summed E-state index contributed by atoms with van der Waals surface area (Å²) >= 11 is 0. The second-order valence-electron chi connectivity index (χ2n) is 6.55. The summed E-state index contributed by atoms with van der Waals surface area (Å²) < 4.78 is 11.7. The van der Waals surface area contributed by atoms with E-state index in [0.29, 0.717) is 6.61 Å². The highest BCUT2D eigenvalue weighted by Crippen LogP contribution is 2.30. The van der Waals surface area contributed by atoms with Gasteiger partial charge in [-0.1, -0.05) is 19.1 Å². The fraction of sp³-hybridized carbons (Fsp3) is 0.318. The van der Waals surface area contributed by atoms with Gasteiger partial charge in [0.1, 0.15) is 18.1 Å². The summed E-state index contributed by atoms with van der Waals surface area (Å²) in [6.45, 7) is 4.35. The molecule has 0 saturated heterocycles. The topological polar surface area (TPSA) is 34.6 Å². The predicted octanol–water partition coefficient (Wildman–Crippen LogP) is 5.05. The molecule has 3 aromatic rings. The normalized spacial score (nSPS) is 10.7. The number of aromatic nitrogens is 1. The smallest absolute Gasteiger partial charge is 0.130 e. The van der Waals surface area contributed by atoms with Gasteiger partial charge in [-0.25, -0.2) is 4.98 Å². The lowest BCUT2D eigenvalue weighted by atomic mass is 10.1. The fourth-order valence-corrected chi connectivity index (χ4v) is 2.69. The first-order chi connectivity index (χ1) is 12.7. The van der Waals surface area contributed by atoms with Gasteiger partial charge in [0.25, 0.3) is 0 Å². The molecular weight excluding hydrogens is 360 g/mol. The van der Waals surface area contributed by atoms with Crippen LogP contribution in [0.25, 0.3) is 22.2 Å². The first-order valence-electron chi connectivity index (χ1n) is 9.08. The minimum atomic E-state index is 0. The van der Waals surface area contributed by atoms with E-state index in [1.165, 1.54) is 0 Å². The van der Waals surface area contributed by atoms with Crippen molar-refractivity contribution in [2.45, 2.75) is 13.3 Å². The molecule has 1 aromatic heterocycles. The van der Waals surface area contributed by atoms with Gasteiger partial charge >= 0.3 is 0 Å². The number of benzene rings is 2. The van der Waals surface area contributed by atoms with E-state index < -0.39 is 0 Å². The van der Waals surface area contributed by atoms with Crippen LogP contribution >= 0.6 is 12.4 Å². The second kappa shape index (κ2) is 10.1. The fourth-order valence-electron chi connectivity index (χ4n) is 2.69. The van der Waals surface area contributed by atoms with Crippen LogP contribution in [0.15, 0.2) is 54.6 Å². The molecule has 2 aromatic carbocycles. The number of likely N-dealkylation sites (N-methyl/N-ethyl adjacent to an activating group) is 1. The van der Waals surface area contributed by atoms with E-state index in [-0.39, 0.29) is 12.4 Å². The summed E-state index contributed by atoms with van der Waals surface area (Å²) in [5, 5.41) is 1.04. The van der Waals surface area contributed by atoms with Crippen molar-refractivity contribution in [3.63, 3.8) is 0 Å². The average Bonchev–Trinajstić information content (AvgIpc) is 2.66. The molecule has 0 spiro atoms. The van der Waals surface area contributed by atoms with Gasteiger partial charge in [-0.05, 0) is 56.9 Å². The molecule has 0 fully saturated rings. The Kier molecular flexibility index (Phi) is 7.89. The van der Waals surface area contributed by atoms with Gasteiger partial charge in [0, 0.05) is 23.6 Å². The minimum Gasteiger partial charge on any atom is -0.494 e. The Morgan fingerprint density at radius 2 is 1.67 bits per heavy atom. The Labute approximate surface area is 167 Å². The number of halogens is 1. The van der Waals surface area contributed by atoms with Crippen molar-refractivity contribution < 1.29 is 9.47 Å². The molecule has 5 heteroatoms. The molecule has 0 saturated carbocycles. The van der Waals surface area contributed by atoms with Gasteiger partial charge in [-0.2, -0.15) is 0 Å². The first-order valence-corrected chi connectivity index (χ1v) is 9.08. The van der Waals surface area contributed by atoms with Crippen LogP contribution < -0.4 is 9.47 Å². The van der Waals surface area contributed by atoms with Crippen molar-refractivity contribution in [1.82, 2.24) is 9.88 Å². The molecule has 0 N–H and O–H groups in total. The molecule has 0 unspecified atom stereocenters. The number of pyridine rings is 1. The average molecular weight is 387 g/mol. The Bertz CT molecular complexity index is 851. The van der Waals surface area contributed by atoms with E-state index in [9.17, 15) is 0 Å². The third kappa shape index (κ3) is 5.59. The Morgan fingerprint density at radius 3 is 2.37 bits per heavy atom. The van der Waals surface area contributed by atoms with Crippen molar-refractivity contribution in [1.29, 1.82) is 0 Å². The molecule has 0 radical (unpaired) electrons. The summed E-state index contributed by atoms with van der Waals surface area (Å²) in [5.41, 5.74) is 2.90. The number of fused-ring (bicyclic) bond motifs is 1. The molecule has 144 valence electrons. The second-order valence-corrected chi connectivity index (χ2v) is 6.55. The summed E-state index contributed by atoms with van der Waals surface area (Å²) in [5.74, 6) is 1.76. The van der Waals surface area contributed by atoms with E-state index in [1.54, 1.807) is 0 Å². The zero-order chi connectivity index (χ0) is 18.4. The maximum absolute atomic E-state index is 6.06. The molecule has 0 aliphatic carbocycles. The van der Waals surface area contributed by atoms with Gasteiger partial charge in [-0.3, -0.25) is 0 Å². The molecule has 0 aliphatic heterocycles. The maximum Gasteiger partial charge on any atom is 0.130 e. The summed E-state index contributed by atoms with van der Waals surface area (Å²) in [6, 6.07) is 18.2. The van der Waals surface area contributed by atoms with Crippen LogP contribution in [0.1, 0.15) is 13.3 Å². The molecule has 1 heterocycles. The largest absolute Gasteiger partial charge is 0.494 e. The Balaban J connectivity index is 0.00000261. The van der Waals surface area contributed by atoms with Crippen LogP contribution in [0, 0.1) is 0 Å². The van der Waals surface area contributed by atoms with E-state index >= 15 is 0 Å². The van der Waals surface area contributed by atoms with Gasteiger partial charge in [0.2, 0.25) is 0 Å². The lowest BCUT2D eigenvalue weighted by Gasteiger charge is -2.14. The lowest BCUT2D eigenvalue weighted by Crippen LogP contribution is -2.19. The van der Waals surface area contributed by atoms with Gasteiger partial charge in [0.05, 0.1) is 17.8 Å². The zero-order valence-electron chi connectivity index (χ0n) is 16.1. The third-order valence-corrected chi connectivity index (χ3v) is 4.10. The van der Waals surface area contributed by atoms with Crippen molar-refractivity contribution in [3.8, 4) is 22.8 Å². The van der Waals surface area contributed by atoms with Gasteiger partial charge < -0.3 is 14.4 Å². The minimum absolute atomic E-state index is 0. The van der Waals surface area contributed by atoms with Gasteiger partial charge in [0.15, 0.2) is 0 Å². The van der Waals surface area contributed by atoms with E-state index in [4.69, 9.17) is 14.5 Å². The number of para-hydroxylation sites is 1. The van der Waals surface area contributed by atoms with Crippen molar-refractivity contribution in [3.05, 3.63) is 54.6 Å². The highest BCUT2D eigenvalue weighted by atomic mass is 35.5. The first kappa shape index (κ1) is 21.0. The molecular formula is C22H27ClN2O2. The number of ether oxygens (including phenoxy) is 2. The standard InChI is InChI=1S/C22H26N2O2.ClH/c1-4-14-25-18-11-9-17(10-12-18)21-16-22(26-15-13-24(2)3)19-7-5-6-8-20(19)23-21;/h5-12,16H,4,13-15H2,1-3H3;1H. The Morgan fingerprint density at radius 1 is 0.926 bits per heavy atom. The monoisotopic (exact) mass is 386 g/mol. The summed E-state index contributed by atoms with van der Waals surface area (Å²) in [7, 11) is 4.09. The molecule has 27 heavy (non-hydrogen) atoms. The lowest BCUT2D eigenvalue weighted by molar-refractivity contribution is 0.263. The maximum atomic E-state index is 6.06. The SMILES string of the molecule is CCCOc1ccc(-c2cc(OCCN(C)C)c3ccccc3n2)cc1.Cl. The molecule has 0 aliphatic rings. The van der Waals surface area contributed by atoms with Crippen LogP contribution in [0.4, 0.5) is 0 Å². The van der Waals surface area contributed by atoms with Crippen molar-refractivity contribution in [2.75, 3.05) is 33.9 Å². The number of hydrogen-bond donors (Lipinski definition) is 0. The molecule has 0 bridgehead atoms. The number of nitrogens with zero attached hydrogens (tertiary/aromatic N) is 2. The third-order valence-electron chi connectivity index (χ3n) is 4.10. The van der Waals surface area contributed by atoms with Crippen LogP contribution in [-0.2, 0) is 0 Å². The van der Waals surface area contributed by atoms with Crippen molar-refractivity contribution >= 4 is 23.3 Å². The quantitative estimate of drug-likeness (QED) is 0.542. The predicted molar refractivity (Wildman–Crippen MR) is 114 cm³/mol. The van der Waals surface area contributed by atoms with E-state index in [1.807, 2.05) is 62.6 Å². The highest BCUT2D eigenvalue weighted by molar-refractivity contribution is 5.88. The van der Waals surface area contributed by atoms with Crippen LogP contribution in [-0.4, -0.2) is 43.7 Å². The Hall–Kier alpha value is -2.30. The number of hydrogen-bond acceptors (Lipinski definition) is 4. The highest BCUT2D eigenvalue weighted by Gasteiger charge is 2.09. The van der Waals surface area contributed by atoms with Crippen LogP contribution in [0.2, 0.25) is 0 Å². The van der Waals surface area contributed by atoms with Gasteiger partial charge in [-0.15, -0.1) is 12.4 Å². The molecule has 4 nitrogen and oxygen atoms in total. The van der Waals surface area contributed by atoms with E-state index in [0.717, 1.165) is 53.2 Å². The number of rotatable bonds is 8.